The van der Waals surface area contributed by atoms with Crippen LogP contribution in [0.5, 0.6) is 0 Å². The fourth-order valence-electron chi connectivity index (χ4n) is 3.58. The van der Waals surface area contributed by atoms with Gasteiger partial charge in [0.25, 0.3) is 6.33 Å². The molecule has 4 aromatic rings. The van der Waals surface area contributed by atoms with E-state index in [1.807, 2.05) is 19.4 Å². The number of fused-ring (bicyclic) bond motifs is 3. The van der Waals surface area contributed by atoms with Crippen molar-refractivity contribution < 1.29 is 8.96 Å². The maximum Gasteiger partial charge on any atom is 0.287 e. The van der Waals surface area contributed by atoms with Crippen molar-refractivity contribution in [1.29, 1.82) is 0 Å². The number of benzene rings is 2. The first-order valence-corrected chi connectivity index (χ1v) is 9.73. The van der Waals surface area contributed by atoms with Crippen molar-refractivity contribution in [2.45, 2.75) is 27.2 Å². The van der Waals surface area contributed by atoms with Crippen LogP contribution in [0.3, 0.4) is 0 Å². The zero-order valence-corrected chi connectivity index (χ0v) is 16.3. The Labute approximate surface area is 156 Å². The van der Waals surface area contributed by atoms with Crippen LogP contribution in [0.1, 0.15) is 25.0 Å². The van der Waals surface area contributed by atoms with E-state index in [1.54, 1.807) is 17.4 Å². The van der Waals surface area contributed by atoms with Gasteiger partial charge < -0.3 is 0 Å². The van der Waals surface area contributed by atoms with Gasteiger partial charge in [0.15, 0.2) is 5.69 Å². The maximum atomic E-state index is 14.6. The largest absolute Gasteiger partial charge is 0.287 e. The first kappa shape index (κ1) is 17.1. The second kappa shape index (κ2) is 6.44. The van der Waals surface area contributed by atoms with Gasteiger partial charge in [0, 0.05) is 21.2 Å². The molecule has 0 radical (unpaired) electrons. The fourth-order valence-corrected chi connectivity index (χ4v) is 4.97. The summed E-state index contributed by atoms with van der Waals surface area (Å²) >= 11 is 1.67. The third-order valence-electron chi connectivity index (χ3n) is 4.82. The summed E-state index contributed by atoms with van der Waals surface area (Å²) in [5.74, 6) is 0.291. The smallest absolute Gasteiger partial charge is 0.231 e. The van der Waals surface area contributed by atoms with Gasteiger partial charge in [0.2, 0.25) is 5.52 Å². The summed E-state index contributed by atoms with van der Waals surface area (Å²) < 4.78 is 18.8. The average molecular weight is 365 g/mol. The summed E-state index contributed by atoms with van der Waals surface area (Å²) in [6, 6.07) is 11.9. The van der Waals surface area contributed by atoms with Crippen molar-refractivity contribution in [2.24, 2.45) is 13.0 Å². The summed E-state index contributed by atoms with van der Waals surface area (Å²) in [5, 5.41) is 1.05. The van der Waals surface area contributed by atoms with Gasteiger partial charge in [0.05, 0.1) is 7.05 Å². The quantitative estimate of drug-likeness (QED) is 0.433. The summed E-state index contributed by atoms with van der Waals surface area (Å²) in [7, 11) is 2.02. The Kier molecular flexibility index (Phi) is 4.23. The van der Waals surface area contributed by atoms with Gasteiger partial charge in [-0.05, 0) is 41.9 Å². The fraction of sp³-hybridized carbons (Fsp3) is 0.273. The minimum Gasteiger partial charge on any atom is -0.231 e. The van der Waals surface area contributed by atoms with Crippen molar-refractivity contribution >= 4 is 31.6 Å². The van der Waals surface area contributed by atoms with E-state index >= 15 is 0 Å². The van der Waals surface area contributed by atoms with Crippen LogP contribution < -0.4 is 4.57 Å². The topological polar surface area (TPSA) is 16.8 Å². The molecule has 0 saturated heterocycles. The summed E-state index contributed by atoms with van der Waals surface area (Å²) in [6.07, 6.45) is 2.60. The number of hydrogen-bond acceptors (Lipinski definition) is 2. The van der Waals surface area contributed by atoms with Crippen molar-refractivity contribution in [3.05, 3.63) is 59.7 Å². The number of nitrogens with zero attached hydrogens (tertiary/aromatic N) is 2. The zero-order chi connectivity index (χ0) is 18.4. The summed E-state index contributed by atoms with van der Waals surface area (Å²) in [5.41, 5.74) is 5.34. The van der Waals surface area contributed by atoms with Crippen LogP contribution in [0.25, 0.3) is 31.6 Å². The molecule has 0 unspecified atom stereocenters. The van der Waals surface area contributed by atoms with Crippen molar-refractivity contribution in [1.82, 2.24) is 4.98 Å². The third kappa shape index (κ3) is 2.69. The Morgan fingerprint density at radius 2 is 1.88 bits per heavy atom. The van der Waals surface area contributed by atoms with Gasteiger partial charge in [-0.3, -0.25) is 0 Å². The van der Waals surface area contributed by atoms with E-state index in [0.29, 0.717) is 5.92 Å². The van der Waals surface area contributed by atoms with Crippen LogP contribution in [-0.4, -0.2) is 4.98 Å². The lowest BCUT2D eigenvalue weighted by Gasteiger charge is -2.07. The minimum atomic E-state index is -0.112. The van der Waals surface area contributed by atoms with Crippen molar-refractivity contribution in [3.63, 3.8) is 0 Å². The predicted octanol–water partition coefficient (Wildman–Crippen LogP) is 5.59. The normalized spacial score (nSPS) is 11.8. The second-order valence-corrected chi connectivity index (χ2v) is 8.32. The molecule has 0 aliphatic carbocycles. The van der Waals surface area contributed by atoms with Crippen molar-refractivity contribution in [3.8, 4) is 11.3 Å². The highest BCUT2D eigenvalue weighted by molar-refractivity contribution is 7.26. The Morgan fingerprint density at radius 3 is 2.62 bits per heavy atom. The van der Waals surface area contributed by atoms with Crippen LogP contribution in [0.15, 0.2) is 42.7 Å². The Balaban J connectivity index is 2.10. The molecule has 0 bridgehead atoms. The summed E-state index contributed by atoms with van der Waals surface area (Å²) in [4.78, 5) is 4.69. The second-order valence-electron chi connectivity index (χ2n) is 7.30. The van der Waals surface area contributed by atoms with Crippen LogP contribution in [0.4, 0.5) is 4.39 Å². The Morgan fingerprint density at radius 1 is 1.12 bits per heavy atom. The minimum absolute atomic E-state index is 0.112. The van der Waals surface area contributed by atoms with Crippen molar-refractivity contribution in [2.75, 3.05) is 0 Å². The highest BCUT2D eigenvalue weighted by Gasteiger charge is 2.23. The van der Waals surface area contributed by atoms with E-state index in [2.05, 4.69) is 54.6 Å². The molecule has 2 aromatic heterocycles. The molecule has 0 aliphatic heterocycles. The Hall–Kier alpha value is -2.33. The molecule has 0 amide bonds. The lowest BCUT2D eigenvalue weighted by Crippen LogP contribution is -2.31. The molecular weight excluding hydrogens is 343 g/mol. The monoisotopic (exact) mass is 365 g/mol. The maximum absolute atomic E-state index is 14.6. The molecule has 26 heavy (non-hydrogen) atoms. The lowest BCUT2D eigenvalue weighted by molar-refractivity contribution is -0.662. The van der Waals surface area contributed by atoms with E-state index < -0.39 is 0 Å². The molecule has 0 atom stereocenters. The molecule has 0 saturated carbocycles. The van der Waals surface area contributed by atoms with E-state index in [1.165, 1.54) is 11.1 Å². The van der Waals surface area contributed by atoms with Crippen LogP contribution in [0, 0.1) is 18.7 Å². The highest BCUT2D eigenvalue weighted by atomic mass is 32.1. The number of aryl methyl sites for hydroxylation is 2. The summed E-state index contributed by atoms with van der Waals surface area (Å²) in [6.45, 7) is 6.38. The molecule has 0 aliphatic rings. The molecule has 0 N–H and O–H groups in total. The van der Waals surface area contributed by atoms with Gasteiger partial charge in [-0.25, -0.2) is 8.96 Å². The molecule has 2 aromatic carbocycles. The SMILES string of the molecule is Cc1ccccc1-c1c2sc3c(CC(C)C)c(F)ccc3c2nc[n+]1C. The van der Waals surface area contributed by atoms with E-state index in [9.17, 15) is 4.39 Å². The molecule has 4 heteroatoms. The van der Waals surface area contributed by atoms with Gasteiger partial charge in [-0.15, -0.1) is 11.3 Å². The lowest BCUT2D eigenvalue weighted by atomic mass is 10.0. The first-order valence-electron chi connectivity index (χ1n) is 8.91. The highest BCUT2D eigenvalue weighted by Crippen LogP contribution is 2.40. The average Bonchev–Trinajstić information content (AvgIpc) is 2.97. The molecule has 4 rings (SSSR count). The molecule has 2 heterocycles. The van der Waals surface area contributed by atoms with Gasteiger partial charge in [0.1, 0.15) is 10.5 Å². The third-order valence-corrected chi connectivity index (χ3v) is 6.08. The van der Waals surface area contributed by atoms with E-state index in [0.717, 1.165) is 38.0 Å². The Bertz CT molecular complexity index is 1130. The number of rotatable bonds is 3. The van der Waals surface area contributed by atoms with Crippen LogP contribution in [-0.2, 0) is 13.5 Å². The standard InChI is InChI=1S/C22H22FN2S/c1-13(2)11-17-18(23)10-9-16-19-22(26-21(16)17)20(25(4)12-24-19)15-8-6-5-7-14(15)3/h5-10,12-13H,11H2,1-4H3/q+1. The van der Waals surface area contributed by atoms with E-state index in [4.69, 9.17) is 0 Å². The molecule has 0 spiro atoms. The molecule has 0 fully saturated rings. The predicted molar refractivity (Wildman–Crippen MR) is 107 cm³/mol. The number of halogens is 1. The molecule has 132 valence electrons. The number of aromatic nitrogens is 2. The van der Waals surface area contributed by atoms with Gasteiger partial charge >= 0.3 is 0 Å². The van der Waals surface area contributed by atoms with Crippen LogP contribution >= 0.6 is 11.3 Å². The first-order chi connectivity index (χ1) is 12.5. The molecular formula is C22H22FN2S+. The van der Waals surface area contributed by atoms with Gasteiger partial charge in [-0.1, -0.05) is 38.1 Å². The molecule has 2 nitrogen and oxygen atoms in total. The number of hydrogen-bond donors (Lipinski definition) is 0. The van der Waals surface area contributed by atoms with Gasteiger partial charge in [-0.2, -0.15) is 0 Å². The van der Waals surface area contributed by atoms with E-state index in [-0.39, 0.29) is 5.82 Å². The van der Waals surface area contributed by atoms with Crippen LogP contribution in [0.2, 0.25) is 0 Å². The zero-order valence-electron chi connectivity index (χ0n) is 15.5. The number of thiophene rings is 1.